The molecule has 1 atom stereocenters. The van der Waals surface area contributed by atoms with Crippen LogP contribution in [0, 0.1) is 5.92 Å². The van der Waals surface area contributed by atoms with Gasteiger partial charge in [0.1, 0.15) is 0 Å². The van der Waals surface area contributed by atoms with Gasteiger partial charge in [-0.15, -0.1) is 11.6 Å². The quantitative estimate of drug-likeness (QED) is 0.525. The van der Waals surface area contributed by atoms with Gasteiger partial charge in [-0.05, 0) is 38.0 Å². The van der Waals surface area contributed by atoms with Gasteiger partial charge in [0.25, 0.3) is 0 Å². The molecule has 3 heteroatoms. The molecule has 1 rings (SSSR count). The molecule has 0 aliphatic carbocycles. The number of alkyl halides is 1. The highest BCUT2D eigenvalue weighted by molar-refractivity contribution is 6.17. The summed E-state index contributed by atoms with van der Waals surface area (Å²) >= 11 is 5.63. The van der Waals surface area contributed by atoms with Gasteiger partial charge in [0.15, 0.2) is 0 Å². The van der Waals surface area contributed by atoms with Gasteiger partial charge in [0.05, 0.1) is 0 Å². The van der Waals surface area contributed by atoms with E-state index < -0.39 is 0 Å². The van der Waals surface area contributed by atoms with Gasteiger partial charge in [-0.25, -0.2) is 0 Å². The Labute approximate surface area is 111 Å². The summed E-state index contributed by atoms with van der Waals surface area (Å²) in [5.74, 6) is 1.86. The Morgan fingerprint density at radius 1 is 1.29 bits per heavy atom. The van der Waals surface area contributed by atoms with E-state index in [0.717, 1.165) is 31.8 Å². The number of hydrogen-bond donors (Lipinski definition) is 0. The second kappa shape index (κ2) is 8.79. The topological polar surface area (TPSA) is 20.3 Å². The maximum absolute atomic E-state index is 12.0. The molecule has 0 radical (unpaired) electrons. The van der Waals surface area contributed by atoms with Crippen molar-refractivity contribution in [1.82, 2.24) is 4.90 Å². The largest absolute Gasteiger partial charge is 0.343 e. The van der Waals surface area contributed by atoms with E-state index in [2.05, 4.69) is 11.8 Å². The summed E-state index contributed by atoms with van der Waals surface area (Å²) < 4.78 is 0. The number of likely N-dealkylation sites (tertiary alicyclic amines) is 1. The van der Waals surface area contributed by atoms with Crippen LogP contribution in [0.5, 0.6) is 0 Å². The van der Waals surface area contributed by atoms with Crippen molar-refractivity contribution in [2.45, 2.75) is 58.3 Å². The van der Waals surface area contributed by atoms with Crippen molar-refractivity contribution in [3.8, 4) is 0 Å². The van der Waals surface area contributed by atoms with Crippen LogP contribution in [0.2, 0.25) is 0 Å². The third kappa shape index (κ3) is 5.76. The number of amides is 1. The minimum Gasteiger partial charge on any atom is -0.343 e. The van der Waals surface area contributed by atoms with Crippen molar-refractivity contribution in [3.05, 3.63) is 0 Å². The fourth-order valence-electron chi connectivity index (χ4n) is 2.64. The highest BCUT2D eigenvalue weighted by atomic mass is 35.5. The molecule has 0 spiro atoms. The second-order valence-corrected chi connectivity index (χ2v) is 5.49. The Morgan fingerprint density at radius 2 is 2.12 bits per heavy atom. The highest BCUT2D eigenvalue weighted by Gasteiger charge is 2.19. The van der Waals surface area contributed by atoms with Crippen molar-refractivity contribution < 1.29 is 4.79 Å². The summed E-state index contributed by atoms with van der Waals surface area (Å²) in [6.07, 6.45) is 8.88. The van der Waals surface area contributed by atoms with Crippen molar-refractivity contribution in [2.75, 3.05) is 19.0 Å². The smallest absolute Gasteiger partial charge is 0.222 e. The molecule has 0 saturated carbocycles. The van der Waals surface area contributed by atoms with E-state index in [1.54, 1.807) is 0 Å². The Hall–Kier alpha value is -0.240. The molecule has 17 heavy (non-hydrogen) atoms. The van der Waals surface area contributed by atoms with E-state index in [1.165, 1.54) is 32.1 Å². The minimum atomic E-state index is 0.340. The Kier molecular flexibility index (Phi) is 7.67. The molecule has 0 aromatic heterocycles. The molecule has 0 aromatic carbocycles. The van der Waals surface area contributed by atoms with Crippen molar-refractivity contribution >= 4 is 17.5 Å². The predicted octanol–water partition coefficient (Wildman–Crippen LogP) is 3.82. The van der Waals surface area contributed by atoms with Crippen LogP contribution in [0.25, 0.3) is 0 Å². The van der Waals surface area contributed by atoms with E-state index in [1.807, 2.05) is 0 Å². The molecule has 1 aliphatic rings. The fraction of sp³-hybridized carbons (Fsp3) is 0.929. The van der Waals surface area contributed by atoms with Crippen LogP contribution < -0.4 is 0 Å². The van der Waals surface area contributed by atoms with Crippen LogP contribution in [-0.2, 0) is 4.79 Å². The van der Waals surface area contributed by atoms with Crippen LogP contribution in [0.15, 0.2) is 0 Å². The predicted molar refractivity (Wildman–Crippen MR) is 73.4 cm³/mol. The number of hydrogen-bond acceptors (Lipinski definition) is 1. The molecule has 0 N–H and O–H groups in total. The standard InChI is InChI=1S/C14H26ClNO/c1-2-6-13-7-5-11-16(12-9-13)14(17)8-3-4-10-15/h13H,2-12H2,1H3. The lowest BCUT2D eigenvalue weighted by molar-refractivity contribution is -0.131. The average Bonchev–Trinajstić information content (AvgIpc) is 2.55. The molecule has 1 amide bonds. The summed E-state index contributed by atoms with van der Waals surface area (Å²) in [6.45, 7) is 4.20. The Bertz CT molecular complexity index is 220. The van der Waals surface area contributed by atoms with Gasteiger partial charge >= 0.3 is 0 Å². The van der Waals surface area contributed by atoms with E-state index in [0.29, 0.717) is 18.2 Å². The van der Waals surface area contributed by atoms with E-state index in [-0.39, 0.29) is 0 Å². The second-order valence-electron chi connectivity index (χ2n) is 5.11. The first kappa shape index (κ1) is 14.8. The van der Waals surface area contributed by atoms with Gasteiger partial charge in [0.2, 0.25) is 5.91 Å². The van der Waals surface area contributed by atoms with E-state index in [4.69, 9.17) is 11.6 Å². The fourth-order valence-corrected chi connectivity index (χ4v) is 2.83. The van der Waals surface area contributed by atoms with Crippen LogP contribution in [0.1, 0.15) is 58.3 Å². The minimum absolute atomic E-state index is 0.340. The van der Waals surface area contributed by atoms with Crippen LogP contribution in [0.4, 0.5) is 0 Å². The number of nitrogens with zero attached hydrogens (tertiary/aromatic N) is 1. The highest BCUT2D eigenvalue weighted by Crippen LogP contribution is 2.22. The molecule has 1 heterocycles. The maximum Gasteiger partial charge on any atom is 0.222 e. The summed E-state index contributed by atoms with van der Waals surface area (Å²) in [4.78, 5) is 14.0. The van der Waals surface area contributed by atoms with E-state index in [9.17, 15) is 4.79 Å². The zero-order valence-corrected chi connectivity index (χ0v) is 11.8. The number of unbranched alkanes of at least 4 members (excludes halogenated alkanes) is 1. The molecule has 1 unspecified atom stereocenters. The third-order valence-electron chi connectivity index (χ3n) is 3.67. The van der Waals surface area contributed by atoms with Gasteiger partial charge in [-0.1, -0.05) is 19.8 Å². The summed E-state index contributed by atoms with van der Waals surface area (Å²) in [7, 11) is 0. The lowest BCUT2D eigenvalue weighted by Gasteiger charge is -2.20. The molecule has 1 aliphatic heterocycles. The molecule has 1 fully saturated rings. The Morgan fingerprint density at radius 3 is 2.82 bits per heavy atom. The molecule has 2 nitrogen and oxygen atoms in total. The van der Waals surface area contributed by atoms with Gasteiger partial charge in [-0.2, -0.15) is 0 Å². The molecule has 100 valence electrons. The van der Waals surface area contributed by atoms with Gasteiger partial charge in [0, 0.05) is 25.4 Å². The number of rotatable bonds is 6. The monoisotopic (exact) mass is 259 g/mol. The molecule has 1 saturated heterocycles. The molecular weight excluding hydrogens is 234 g/mol. The van der Waals surface area contributed by atoms with E-state index >= 15 is 0 Å². The molecular formula is C14H26ClNO. The Balaban J connectivity index is 2.27. The average molecular weight is 260 g/mol. The van der Waals surface area contributed by atoms with Crippen LogP contribution in [0.3, 0.4) is 0 Å². The zero-order chi connectivity index (χ0) is 12.5. The summed E-state index contributed by atoms with van der Waals surface area (Å²) in [5, 5.41) is 0. The first-order valence-electron chi connectivity index (χ1n) is 7.11. The number of carbonyl (C=O) groups is 1. The summed E-state index contributed by atoms with van der Waals surface area (Å²) in [6, 6.07) is 0. The molecule has 0 bridgehead atoms. The SMILES string of the molecule is CCCC1CCCN(C(=O)CCCCCl)CC1. The third-order valence-corrected chi connectivity index (χ3v) is 3.94. The van der Waals surface area contributed by atoms with Gasteiger partial charge < -0.3 is 4.90 Å². The zero-order valence-electron chi connectivity index (χ0n) is 11.1. The van der Waals surface area contributed by atoms with Crippen molar-refractivity contribution in [3.63, 3.8) is 0 Å². The van der Waals surface area contributed by atoms with Crippen molar-refractivity contribution in [2.24, 2.45) is 5.92 Å². The van der Waals surface area contributed by atoms with Crippen LogP contribution >= 0.6 is 11.6 Å². The van der Waals surface area contributed by atoms with Crippen LogP contribution in [-0.4, -0.2) is 29.8 Å². The normalized spacial score (nSPS) is 21.3. The number of carbonyl (C=O) groups excluding carboxylic acids is 1. The van der Waals surface area contributed by atoms with Crippen molar-refractivity contribution in [1.29, 1.82) is 0 Å². The first-order chi connectivity index (χ1) is 8.27. The lowest BCUT2D eigenvalue weighted by Crippen LogP contribution is -2.31. The summed E-state index contributed by atoms with van der Waals surface area (Å²) in [5.41, 5.74) is 0. The lowest BCUT2D eigenvalue weighted by atomic mass is 9.96. The number of halogens is 1. The molecule has 0 aromatic rings. The van der Waals surface area contributed by atoms with Gasteiger partial charge in [-0.3, -0.25) is 4.79 Å². The maximum atomic E-state index is 12.0. The first-order valence-corrected chi connectivity index (χ1v) is 7.65.